The number of anilines is 1. The van der Waals surface area contributed by atoms with Crippen LogP contribution < -0.4 is 4.90 Å². The van der Waals surface area contributed by atoms with E-state index in [0.29, 0.717) is 11.1 Å². The lowest BCUT2D eigenvalue weighted by Gasteiger charge is -2.20. The van der Waals surface area contributed by atoms with Gasteiger partial charge in [0.05, 0.1) is 16.2 Å². The van der Waals surface area contributed by atoms with Gasteiger partial charge in [-0.1, -0.05) is 13.3 Å². The van der Waals surface area contributed by atoms with E-state index in [9.17, 15) is 15.4 Å². The summed E-state index contributed by atoms with van der Waals surface area (Å²) in [5, 5.41) is 20.3. The molecule has 0 amide bonds. The Kier molecular flexibility index (Phi) is 6.96. The van der Waals surface area contributed by atoms with E-state index >= 15 is 0 Å². The fraction of sp³-hybridized carbons (Fsp3) is 0.526. The third kappa shape index (κ3) is 5.04. The topological polar surface area (TPSA) is 79.4 Å². The zero-order chi connectivity index (χ0) is 18.2. The van der Waals surface area contributed by atoms with Gasteiger partial charge in [-0.3, -0.25) is 10.1 Å². The van der Waals surface area contributed by atoms with Crippen LogP contribution in [0.4, 0.5) is 5.69 Å². The maximum Gasteiger partial charge on any atom is 0.243 e. The van der Waals surface area contributed by atoms with Crippen LogP contribution in [0, 0.1) is 21.4 Å². The molecule has 0 aliphatic carbocycles. The summed E-state index contributed by atoms with van der Waals surface area (Å²) in [5.74, 6) is 0. The van der Waals surface area contributed by atoms with Crippen molar-refractivity contribution in [3.05, 3.63) is 44.6 Å². The first-order valence-corrected chi connectivity index (χ1v) is 8.79. The number of hydrogen-bond acceptors (Lipinski definition) is 5. The third-order valence-corrected chi connectivity index (χ3v) is 4.32. The van der Waals surface area contributed by atoms with Gasteiger partial charge in [-0.25, -0.2) is 0 Å². The molecule has 0 radical (unpaired) electrons. The lowest BCUT2D eigenvalue weighted by atomic mass is 10.0. The van der Waals surface area contributed by atoms with Crippen molar-refractivity contribution in [2.24, 2.45) is 0 Å². The number of hydrogen-bond donors (Lipinski definition) is 0. The second-order valence-electron chi connectivity index (χ2n) is 6.29. The van der Waals surface area contributed by atoms with E-state index in [2.05, 4.69) is 17.9 Å². The summed E-state index contributed by atoms with van der Waals surface area (Å²) < 4.78 is 5.60. The standard InChI is InChI=1S/C19H25N3O3/c1-3-4-9-25-10-5-7-21-8-6-17-12-16(11-15(2)22(23)24)13-18(14-20)19(17)21/h11-13H,3-10H2,1-2H3/b15-11-. The van der Waals surface area contributed by atoms with Crippen molar-refractivity contribution in [2.45, 2.75) is 39.5 Å². The van der Waals surface area contributed by atoms with Crippen molar-refractivity contribution in [1.29, 1.82) is 5.26 Å². The number of nitriles is 1. The van der Waals surface area contributed by atoms with E-state index in [1.54, 1.807) is 6.07 Å². The summed E-state index contributed by atoms with van der Waals surface area (Å²) in [5.41, 5.74) is 3.45. The zero-order valence-electron chi connectivity index (χ0n) is 15.0. The molecule has 6 nitrogen and oxygen atoms in total. The monoisotopic (exact) mass is 343 g/mol. The SMILES string of the molecule is CCCCOCCCN1CCc2cc(/C=C(/C)[N+](=O)[O-])cc(C#N)c21. The average Bonchev–Trinajstić information content (AvgIpc) is 3.00. The zero-order valence-corrected chi connectivity index (χ0v) is 15.0. The molecule has 2 rings (SSSR count). The molecule has 0 saturated heterocycles. The number of nitrogens with zero attached hydrogens (tertiary/aromatic N) is 3. The molecule has 1 aliphatic rings. The molecule has 0 unspecified atom stereocenters. The molecule has 1 aliphatic heterocycles. The molecule has 0 saturated carbocycles. The average molecular weight is 343 g/mol. The molecule has 0 spiro atoms. The second kappa shape index (κ2) is 9.19. The molecule has 25 heavy (non-hydrogen) atoms. The highest BCUT2D eigenvalue weighted by Crippen LogP contribution is 2.33. The summed E-state index contributed by atoms with van der Waals surface area (Å²) in [6.45, 7) is 6.88. The smallest absolute Gasteiger partial charge is 0.243 e. The van der Waals surface area contributed by atoms with Gasteiger partial charge in [0.15, 0.2) is 0 Å². The van der Waals surface area contributed by atoms with Gasteiger partial charge in [0.2, 0.25) is 5.70 Å². The highest BCUT2D eigenvalue weighted by atomic mass is 16.6. The van der Waals surface area contributed by atoms with E-state index in [1.807, 2.05) is 6.07 Å². The molecule has 0 aromatic heterocycles. The molecule has 1 aromatic rings. The molecule has 0 atom stereocenters. The third-order valence-electron chi connectivity index (χ3n) is 4.32. The van der Waals surface area contributed by atoms with Gasteiger partial charge in [-0.05, 0) is 42.5 Å². The Hall–Kier alpha value is -2.39. The van der Waals surface area contributed by atoms with Gasteiger partial charge in [0.25, 0.3) is 0 Å². The summed E-state index contributed by atoms with van der Waals surface area (Å²) in [4.78, 5) is 12.6. The number of rotatable bonds is 9. The van der Waals surface area contributed by atoms with Crippen molar-refractivity contribution in [2.75, 3.05) is 31.2 Å². The quantitative estimate of drug-likeness (QED) is 0.387. The Balaban J connectivity index is 2.07. The van der Waals surface area contributed by atoms with Crippen LogP contribution in [0.25, 0.3) is 6.08 Å². The maximum atomic E-state index is 10.8. The van der Waals surface area contributed by atoms with Crippen LogP contribution >= 0.6 is 0 Å². The minimum absolute atomic E-state index is 0.0721. The minimum Gasteiger partial charge on any atom is -0.381 e. The van der Waals surface area contributed by atoms with Gasteiger partial charge in [-0.2, -0.15) is 5.26 Å². The Morgan fingerprint density at radius 3 is 2.88 bits per heavy atom. The van der Waals surface area contributed by atoms with Crippen molar-refractivity contribution in [3.8, 4) is 6.07 Å². The van der Waals surface area contributed by atoms with E-state index in [0.717, 1.165) is 63.2 Å². The van der Waals surface area contributed by atoms with Crippen molar-refractivity contribution in [3.63, 3.8) is 0 Å². The van der Waals surface area contributed by atoms with Crippen LogP contribution in [0.2, 0.25) is 0 Å². The van der Waals surface area contributed by atoms with Gasteiger partial charge >= 0.3 is 0 Å². The predicted molar refractivity (Wildman–Crippen MR) is 98.1 cm³/mol. The van der Waals surface area contributed by atoms with Crippen LogP contribution in [0.15, 0.2) is 17.8 Å². The first kappa shape index (κ1) is 18.9. The van der Waals surface area contributed by atoms with Crippen molar-refractivity contribution in [1.82, 2.24) is 0 Å². The van der Waals surface area contributed by atoms with Gasteiger partial charge < -0.3 is 9.64 Å². The summed E-state index contributed by atoms with van der Waals surface area (Å²) in [6, 6.07) is 5.94. The number of nitro groups is 1. The fourth-order valence-corrected chi connectivity index (χ4v) is 3.04. The number of benzene rings is 1. The number of fused-ring (bicyclic) bond motifs is 1. The Labute approximate surface area is 148 Å². The molecule has 1 aromatic carbocycles. The number of ether oxygens (including phenoxy) is 1. The molecular weight excluding hydrogens is 318 g/mol. The van der Waals surface area contributed by atoms with Crippen molar-refractivity contribution >= 4 is 11.8 Å². The summed E-state index contributed by atoms with van der Waals surface area (Å²) >= 11 is 0. The molecule has 0 bridgehead atoms. The lowest BCUT2D eigenvalue weighted by molar-refractivity contribution is -0.422. The van der Waals surface area contributed by atoms with Crippen LogP contribution in [-0.4, -0.2) is 31.2 Å². The molecule has 0 fully saturated rings. The van der Waals surface area contributed by atoms with E-state index < -0.39 is 4.92 Å². The van der Waals surface area contributed by atoms with Crippen LogP contribution in [0.3, 0.4) is 0 Å². The van der Waals surface area contributed by atoms with Gasteiger partial charge in [-0.15, -0.1) is 0 Å². The maximum absolute atomic E-state index is 10.8. The largest absolute Gasteiger partial charge is 0.381 e. The fourth-order valence-electron chi connectivity index (χ4n) is 3.04. The second-order valence-corrected chi connectivity index (χ2v) is 6.29. The van der Waals surface area contributed by atoms with Crippen LogP contribution in [0.1, 0.15) is 49.8 Å². The van der Waals surface area contributed by atoms with Crippen molar-refractivity contribution < 1.29 is 9.66 Å². The van der Waals surface area contributed by atoms with Gasteiger partial charge in [0, 0.05) is 39.3 Å². The number of allylic oxidation sites excluding steroid dienone is 1. The Bertz CT molecular complexity index is 692. The Morgan fingerprint density at radius 2 is 2.20 bits per heavy atom. The van der Waals surface area contributed by atoms with Crippen LogP contribution in [-0.2, 0) is 11.2 Å². The highest BCUT2D eigenvalue weighted by Gasteiger charge is 2.23. The minimum atomic E-state index is -0.413. The van der Waals surface area contributed by atoms with E-state index in [-0.39, 0.29) is 5.70 Å². The molecular formula is C19H25N3O3. The summed E-state index contributed by atoms with van der Waals surface area (Å²) in [7, 11) is 0. The molecule has 0 N–H and O–H groups in total. The first-order chi connectivity index (χ1) is 12.1. The highest BCUT2D eigenvalue weighted by molar-refractivity contribution is 5.71. The molecule has 6 heteroatoms. The van der Waals surface area contributed by atoms with E-state index in [1.165, 1.54) is 13.0 Å². The lowest BCUT2D eigenvalue weighted by Crippen LogP contribution is -2.23. The normalized spacial score (nSPS) is 13.6. The Morgan fingerprint density at radius 1 is 1.44 bits per heavy atom. The van der Waals surface area contributed by atoms with Gasteiger partial charge in [0.1, 0.15) is 6.07 Å². The summed E-state index contributed by atoms with van der Waals surface area (Å²) in [6.07, 6.45) is 5.53. The number of unbranched alkanes of at least 4 members (excludes halogenated alkanes) is 1. The predicted octanol–water partition coefficient (Wildman–Crippen LogP) is 3.77. The van der Waals surface area contributed by atoms with E-state index in [4.69, 9.17) is 4.74 Å². The molecule has 134 valence electrons. The first-order valence-electron chi connectivity index (χ1n) is 8.79. The molecule has 1 heterocycles. The van der Waals surface area contributed by atoms with Crippen LogP contribution in [0.5, 0.6) is 0 Å².